The van der Waals surface area contributed by atoms with E-state index in [0.29, 0.717) is 17.1 Å². The van der Waals surface area contributed by atoms with Crippen molar-refractivity contribution in [3.8, 4) is 11.5 Å². The molecule has 0 fully saturated rings. The number of ether oxygens (including phenoxy) is 2. The van der Waals surface area contributed by atoms with Gasteiger partial charge in [-0.2, -0.15) is 0 Å². The molecule has 0 aliphatic heterocycles. The number of hydrogen-bond acceptors (Lipinski definition) is 4. The standard InChI is InChI=1S/C18H17NO4/c1-13(20)23-17-12-14(8-10-16(17)22-2)9-11-18(21)19-15-6-4-3-5-7-15/h3-12H,1-2H3,(H,19,21)/b11-9+. The van der Waals surface area contributed by atoms with Gasteiger partial charge in [-0.3, -0.25) is 9.59 Å². The number of rotatable bonds is 5. The summed E-state index contributed by atoms with van der Waals surface area (Å²) in [5.74, 6) is 0.0732. The molecule has 5 heteroatoms. The van der Waals surface area contributed by atoms with Crippen molar-refractivity contribution in [1.29, 1.82) is 0 Å². The van der Waals surface area contributed by atoms with Gasteiger partial charge in [0.05, 0.1) is 7.11 Å². The predicted octanol–water partition coefficient (Wildman–Crippen LogP) is 3.27. The maximum atomic E-state index is 11.9. The van der Waals surface area contributed by atoms with Crippen molar-refractivity contribution in [2.45, 2.75) is 6.92 Å². The lowest BCUT2D eigenvalue weighted by Gasteiger charge is -2.08. The van der Waals surface area contributed by atoms with Crippen LogP contribution in [0.25, 0.3) is 6.08 Å². The highest BCUT2D eigenvalue weighted by atomic mass is 16.6. The monoisotopic (exact) mass is 311 g/mol. The Bertz CT molecular complexity index is 723. The lowest BCUT2D eigenvalue weighted by Crippen LogP contribution is -2.07. The van der Waals surface area contributed by atoms with Crippen LogP contribution in [0.15, 0.2) is 54.6 Å². The van der Waals surface area contributed by atoms with Gasteiger partial charge in [-0.25, -0.2) is 0 Å². The maximum absolute atomic E-state index is 11.9. The molecule has 0 spiro atoms. The second-order valence-corrected chi connectivity index (χ2v) is 4.69. The number of carbonyl (C=O) groups is 2. The summed E-state index contributed by atoms with van der Waals surface area (Å²) in [6.07, 6.45) is 3.04. The third-order valence-electron chi connectivity index (χ3n) is 2.91. The summed E-state index contributed by atoms with van der Waals surface area (Å²) < 4.78 is 10.2. The third kappa shape index (κ3) is 5.00. The second kappa shape index (κ2) is 7.79. The normalized spacial score (nSPS) is 10.3. The zero-order valence-electron chi connectivity index (χ0n) is 12.9. The minimum Gasteiger partial charge on any atom is -0.493 e. The molecule has 0 heterocycles. The molecule has 0 unspecified atom stereocenters. The number of anilines is 1. The van der Waals surface area contributed by atoms with Crippen LogP contribution in [0.2, 0.25) is 0 Å². The Kier molecular flexibility index (Phi) is 5.52. The number of nitrogens with one attached hydrogen (secondary N) is 1. The van der Waals surface area contributed by atoms with Crippen molar-refractivity contribution in [3.05, 3.63) is 60.2 Å². The van der Waals surface area contributed by atoms with Crippen LogP contribution in [-0.2, 0) is 9.59 Å². The summed E-state index contributed by atoms with van der Waals surface area (Å²) in [4.78, 5) is 23.0. The van der Waals surface area contributed by atoms with Crippen LogP contribution >= 0.6 is 0 Å². The van der Waals surface area contributed by atoms with Crippen molar-refractivity contribution in [2.24, 2.45) is 0 Å². The average Bonchev–Trinajstić information content (AvgIpc) is 2.53. The maximum Gasteiger partial charge on any atom is 0.308 e. The van der Waals surface area contributed by atoms with Crippen LogP contribution in [0.5, 0.6) is 11.5 Å². The zero-order valence-corrected chi connectivity index (χ0v) is 12.9. The van der Waals surface area contributed by atoms with Crippen LogP contribution in [-0.4, -0.2) is 19.0 Å². The van der Waals surface area contributed by atoms with E-state index < -0.39 is 5.97 Å². The van der Waals surface area contributed by atoms with E-state index in [1.165, 1.54) is 20.1 Å². The number of hydrogen-bond donors (Lipinski definition) is 1. The van der Waals surface area contributed by atoms with E-state index in [2.05, 4.69) is 5.32 Å². The first-order valence-electron chi connectivity index (χ1n) is 6.99. The Morgan fingerprint density at radius 3 is 2.43 bits per heavy atom. The molecule has 1 amide bonds. The van der Waals surface area contributed by atoms with Crippen molar-refractivity contribution in [2.75, 3.05) is 12.4 Å². The molecular weight excluding hydrogens is 294 g/mol. The smallest absolute Gasteiger partial charge is 0.308 e. The van der Waals surface area contributed by atoms with Gasteiger partial charge in [-0.05, 0) is 35.9 Å². The van der Waals surface area contributed by atoms with Gasteiger partial charge in [0, 0.05) is 18.7 Å². The van der Waals surface area contributed by atoms with Crippen LogP contribution in [0.1, 0.15) is 12.5 Å². The molecule has 2 rings (SSSR count). The Morgan fingerprint density at radius 2 is 1.78 bits per heavy atom. The van der Waals surface area contributed by atoms with E-state index in [1.807, 2.05) is 18.2 Å². The number of carbonyl (C=O) groups excluding carboxylic acids is 2. The molecule has 0 aliphatic carbocycles. The van der Waals surface area contributed by atoms with E-state index in [4.69, 9.17) is 9.47 Å². The first-order valence-corrected chi connectivity index (χ1v) is 6.99. The number of amides is 1. The van der Waals surface area contributed by atoms with Crippen LogP contribution < -0.4 is 14.8 Å². The molecule has 2 aromatic rings. The molecule has 5 nitrogen and oxygen atoms in total. The summed E-state index contributed by atoms with van der Waals surface area (Å²) in [6, 6.07) is 14.2. The fourth-order valence-electron chi connectivity index (χ4n) is 1.91. The molecule has 23 heavy (non-hydrogen) atoms. The molecule has 0 saturated carbocycles. The van der Waals surface area contributed by atoms with Crippen LogP contribution in [0.4, 0.5) is 5.69 Å². The van der Waals surface area contributed by atoms with Crippen molar-refractivity contribution >= 4 is 23.6 Å². The van der Waals surface area contributed by atoms with Gasteiger partial charge in [-0.15, -0.1) is 0 Å². The summed E-state index contributed by atoms with van der Waals surface area (Å²) >= 11 is 0. The van der Waals surface area contributed by atoms with Crippen molar-refractivity contribution in [3.63, 3.8) is 0 Å². The molecular formula is C18H17NO4. The van der Waals surface area contributed by atoms with Crippen LogP contribution in [0, 0.1) is 0 Å². The average molecular weight is 311 g/mol. The summed E-state index contributed by atoms with van der Waals surface area (Å²) in [5.41, 5.74) is 1.43. The van der Waals surface area contributed by atoms with Gasteiger partial charge in [0.25, 0.3) is 0 Å². The topological polar surface area (TPSA) is 64.6 Å². The highest BCUT2D eigenvalue weighted by Gasteiger charge is 2.07. The van der Waals surface area contributed by atoms with E-state index in [9.17, 15) is 9.59 Å². The highest BCUT2D eigenvalue weighted by Crippen LogP contribution is 2.28. The summed E-state index contributed by atoms with van der Waals surface area (Å²) in [6.45, 7) is 1.31. The predicted molar refractivity (Wildman–Crippen MR) is 88.4 cm³/mol. The number of para-hydroxylation sites is 1. The molecule has 2 aromatic carbocycles. The van der Waals surface area contributed by atoms with Gasteiger partial charge in [0.1, 0.15) is 0 Å². The first kappa shape index (κ1) is 16.3. The van der Waals surface area contributed by atoms with E-state index in [0.717, 1.165) is 5.69 Å². The molecule has 0 aromatic heterocycles. The Balaban J connectivity index is 2.09. The van der Waals surface area contributed by atoms with Gasteiger partial charge in [0.2, 0.25) is 5.91 Å². The molecule has 0 radical (unpaired) electrons. The van der Waals surface area contributed by atoms with Gasteiger partial charge in [-0.1, -0.05) is 24.3 Å². The Morgan fingerprint density at radius 1 is 1.04 bits per heavy atom. The highest BCUT2D eigenvalue weighted by molar-refractivity contribution is 6.01. The lowest BCUT2D eigenvalue weighted by atomic mass is 10.2. The van der Waals surface area contributed by atoms with E-state index in [-0.39, 0.29) is 5.91 Å². The quantitative estimate of drug-likeness (QED) is 0.523. The fourth-order valence-corrected chi connectivity index (χ4v) is 1.91. The van der Waals surface area contributed by atoms with E-state index in [1.54, 1.807) is 36.4 Å². The van der Waals surface area contributed by atoms with Gasteiger partial charge >= 0.3 is 5.97 Å². The first-order chi connectivity index (χ1) is 11.1. The minimum atomic E-state index is -0.439. The van der Waals surface area contributed by atoms with Gasteiger partial charge < -0.3 is 14.8 Å². The third-order valence-corrected chi connectivity index (χ3v) is 2.91. The number of benzene rings is 2. The Hall–Kier alpha value is -3.08. The molecule has 118 valence electrons. The van der Waals surface area contributed by atoms with Crippen LogP contribution in [0.3, 0.4) is 0 Å². The van der Waals surface area contributed by atoms with Crippen molar-refractivity contribution in [1.82, 2.24) is 0 Å². The molecule has 1 N–H and O–H groups in total. The molecule has 0 aliphatic rings. The summed E-state index contributed by atoms with van der Waals surface area (Å²) in [5, 5.41) is 2.75. The number of esters is 1. The Labute approximate surface area is 134 Å². The number of methoxy groups -OCH3 is 1. The van der Waals surface area contributed by atoms with E-state index >= 15 is 0 Å². The molecule has 0 saturated heterocycles. The largest absolute Gasteiger partial charge is 0.493 e. The lowest BCUT2D eigenvalue weighted by molar-refractivity contribution is -0.132. The van der Waals surface area contributed by atoms with Crippen molar-refractivity contribution < 1.29 is 19.1 Å². The molecule has 0 bridgehead atoms. The second-order valence-electron chi connectivity index (χ2n) is 4.69. The molecule has 0 atom stereocenters. The fraction of sp³-hybridized carbons (Fsp3) is 0.111. The zero-order chi connectivity index (χ0) is 16.7. The SMILES string of the molecule is COc1ccc(/C=C/C(=O)Nc2ccccc2)cc1OC(C)=O. The minimum absolute atomic E-state index is 0.249. The summed E-state index contributed by atoms with van der Waals surface area (Å²) in [7, 11) is 1.49. The van der Waals surface area contributed by atoms with Gasteiger partial charge in [0.15, 0.2) is 11.5 Å².